The van der Waals surface area contributed by atoms with Crippen molar-refractivity contribution in [3.63, 3.8) is 0 Å². The van der Waals surface area contributed by atoms with E-state index in [4.69, 9.17) is 16.2 Å². The van der Waals surface area contributed by atoms with Gasteiger partial charge < -0.3 is 16.2 Å². The first-order chi connectivity index (χ1) is 11.5. The molecule has 1 aliphatic heterocycles. The van der Waals surface area contributed by atoms with Crippen LogP contribution in [-0.4, -0.2) is 49.0 Å². The van der Waals surface area contributed by atoms with Crippen molar-refractivity contribution >= 4 is 27.7 Å². The van der Waals surface area contributed by atoms with E-state index in [9.17, 15) is 8.42 Å². The molecule has 0 radical (unpaired) electrons. The number of hydrogen-bond donors (Lipinski definition) is 3. The fourth-order valence-corrected chi connectivity index (χ4v) is 3.63. The van der Waals surface area contributed by atoms with E-state index in [1.165, 1.54) is 10.5 Å². The summed E-state index contributed by atoms with van der Waals surface area (Å²) in [6, 6.07) is 6.90. The van der Waals surface area contributed by atoms with Crippen LogP contribution in [0, 0.1) is 0 Å². The van der Waals surface area contributed by atoms with Crippen LogP contribution >= 0.6 is 0 Å². The SMILES string of the molecule is Nc1ncc(-c2ccccc2NS(=O)(=O)N2CCOCC2)c(N)n1. The third kappa shape index (κ3) is 3.40. The van der Waals surface area contributed by atoms with E-state index in [0.717, 1.165) is 0 Å². The van der Waals surface area contributed by atoms with Crippen LogP contribution in [0.25, 0.3) is 11.1 Å². The number of nitrogen functional groups attached to an aromatic ring is 2. The maximum absolute atomic E-state index is 12.6. The Hall–Kier alpha value is -2.43. The Morgan fingerprint density at radius 1 is 1.12 bits per heavy atom. The minimum Gasteiger partial charge on any atom is -0.383 e. The van der Waals surface area contributed by atoms with E-state index in [-0.39, 0.29) is 11.8 Å². The molecule has 0 unspecified atom stereocenters. The summed E-state index contributed by atoms with van der Waals surface area (Å²) in [7, 11) is -3.69. The van der Waals surface area contributed by atoms with Gasteiger partial charge in [0.05, 0.1) is 18.9 Å². The average Bonchev–Trinajstić information content (AvgIpc) is 2.56. The van der Waals surface area contributed by atoms with Crippen LogP contribution < -0.4 is 16.2 Å². The van der Waals surface area contributed by atoms with Gasteiger partial charge in [0.2, 0.25) is 5.95 Å². The average molecular weight is 350 g/mol. The minimum absolute atomic E-state index is 0.0580. The number of rotatable bonds is 4. The molecule has 1 aliphatic rings. The second-order valence-electron chi connectivity index (χ2n) is 5.19. The van der Waals surface area contributed by atoms with Crippen molar-refractivity contribution < 1.29 is 13.2 Å². The summed E-state index contributed by atoms with van der Waals surface area (Å²) in [5.41, 5.74) is 12.9. The maximum Gasteiger partial charge on any atom is 0.301 e. The van der Waals surface area contributed by atoms with E-state index in [1.54, 1.807) is 24.3 Å². The summed E-state index contributed by atoms with van der Waals surface area (Å²) in [5, 5.41) is 0. The molecule has 1 fully saturated rings. The highest BCUT2D eigenvalue weighted by Gasteiger charge is 2.25. The summed E-state index contributed by atoms with van der Waals surface area (Å²) in [5.74, 6) is 0.239. The first-order valence-electron chi connectivity index (χ1n) is 7.30. The van der Waals surface area contributed by atoms with Crippen LogP contribution in [0.15, 0.2) is 30.5 Å². The normalized spacial score (nSPS) is 16.0. The molecule has 0 amide bonds. The van der Waals surface area contributed by atoms with Crippen molar-refractivity contribution in [1.29, 1.82) is 0 Å². The quantitative estimate of drug-likeness (QED) is 0.721. The number of anilines is 3. The number of ether oxygens (including phenoxy) is 1. The number of nitrogens with two attached hydrogens (primary N) is 2. The Balaban J connectivity index is 1.95. The number of nitrogens with one attached hydrogen (secondary N) is 1. The van der Waals surface area contributed by atoms with E-state index in [2.05, 4.69) is 14.7 Å². The number of benzene rings is 1. The summed E-state index contributed by atoms with van der Waals surface area (Å²) in [4.78, 5) is 7.84. The van der Waals surface area contributed by atoms with Gasteiger partial charge in [0, 0.05) is 30.4 Å². The fraction of sp³-hybridized carbons (Fsp3) is 0.286. The first-order valence-corrected chi connectivity index (χ1v) is 8.74. The van der Waals surface area contributed by atoms with Crippen molar-refractivity contribution in [2.75, 3.05) is 42.5 Å². The molecular weight excluding hydrogens is 332 g/mol. The molecule has 10 heteroatoms. The molecule has 0 spiro atoms. The lowest BCUT2D eigenvalue weighted by Crippen LogP contribution is -2.43. The van der Waals surface area contributed by atoms with Gasteiger partial charge in [0.1, 0.15) is 5.82 Å². The molecule has 0 atom stereocenters. The topological polar surface area (TPSA) is 136 Å². The van der Waals surface area contributed by atoms with Crippen LogP contribution in [0.5, 0.6) is 0 Å². The van der Waals surface area contributed by atoms with Crippen LogP contribution in [0.2, 0.25) is 0 Å². The first kappa shape index (κ1) is 16.4. The van der Waals surface area contributed by atoms with Crippen LogP contribution in [0.1, 0.15) is 0 Å². The lowest BCUT2D eigenvalue weighted by molar-refractivity contribution is 0.0733. The molecule has 24 heavy (non-hydrogen) atoms. The highest BCUT2D eigenvalue weighted by Crippen LogP contribution is 2.31. The highest BCUT2D eigenvalue weighted by atomic mass is 32.2. The van der Waals surface area contributed by atoms with E-state index in [0.29, 0.717) is 43.1 Å². The lowest BCUT2D eigenvalue weighted by Gasteiger charge is -2.26. The standard InChI is InChI=1S/C14H18N6O3S/c15-13-11(9-17-14(16)18-13)10-3-1-2-4-12(10)19-24(21,22)20-5-7-23-8-6-20/h1-4,9,19H,5-8H2,(H4,15,16,17,18). The second kappa shape index (κ2) is 6.59. The van der Waals surface area contributed by atoms with Gasteiger partial charge in [-0.05, 0) is 6.07 Å². The number of morpholine rings is 1. The highest BCUT2D eigenvalue weighted by molar-refractivity contribution is 7.90. The molecule has 0 bridgehead atoms. The van der Waals surface area contributed by atoms with E-state index < -0.39 is 10.2 Å². The molecule has 0 aliphatic carbocycles. The van der Waals surface area contributed by atoms with Gasteiger partial charge in [-0.3, -0.25) is 4.72 Å². The molecule has 128 valence electrons. The van der Waals surface area contributed by atoms with Crippen LogP contribution in [0.3, 0.4) is 0 Å². The zero-order valence-corrected chi connectivity index (χ0v) is 13.7. The molecule has 3 rings (SSSR count). The summed E-state index contributed by atoms with van der Waals surface area (Å²) in [6.45, 7) is 1.37. The summed E-state index contributed by atoms with van der Waals surface area (Å²) < 4.78 is 34.2. The lowest BCUT2D eigenvalue weighted by atomic mass is 10.1. The van der Waals surface area contributed by atoms with E-state index >= 15 is 0 Å². The third-order valence-corrected chi connectivity index (χ3v) is 5.13. The van der Waals surface area contributed by atoms with Crippen molar-refractivity contribution in [3.8, 4) is 11.1 Å². The molecule has 1 saturated heterocycles. The molecule has 2 heterocycles. The summed E-state index contributed by atoms with van der Waals surface area (Å²) in [6.07, 6.45) is 1.47. The Labute approximate surface area is 139 Å². The Morgan fingerprint density at radius 2 is 1.83 bits per heavy atom. The van der Waals surface area contributed by atoms with Crippen molar-refractivity contribution in [2.45, 2.75) is 0 Å². The van der Waals surface area contributed by atoms with Gasteiger partial charge in [0.15, 0.2) is 0 Å². The summed E-state index contributed by atoms with van der Waals surface area (Å²) >= 11 is 0. The Kier molecular flexibility index (Phi) is 4.51. The Bertz CT molecular complexity index is 836. The van der Waals surface area contributed by atoms with Crippen molar-refractivity contribution in [3.05, 3.63) is 30.5 Å². The van der Waals surface area contributed by atoms with Gasteiger partial charge in [-0.1, -0.05) is 18.2 Å². The fourth-order valence-electron chi connectivity index (χ4n) is 2.41. The predicted octanol–water partition coefficient (Wildman–Crippen LogP) is 0.297. The zero-order chi connectivity index (χ0) is 17.2. The molecule has 2 aromatic rings. The zero-order valence-electron chi connectivity index (χ0n) is 12.8. The monoisotopic (exact) mass is 350 g/mol. The molecule has 5 N–H and O–H groups in total. The van der Waals surface area contributed by atoms with Gasteiger partial charge in [-0.15, -0.1) is 0 Å². The smallest absolute Gasteiger partial charge is 0.301 e. The number of aromatic nitrogens is 2. The van der Waals surface area contributed by atoms with Crippen molar-refractivity contribution in [1.82, 2.24) is 14.3 Å². The minimum atomic E-state index is -3.69. The molecule has 1 aromatic heterocycles. The second-order valence-corrected chi connectivity index (χ2v) is 6.86. The van der Waals surface area contributed by atoms with Gasteiger partial charge in [-0.25, -0.2) is 4.98 Å². The molecule has 9 nitrogen and oxygen atoms in total. The van der Waals surface area contributed by atoms with Crippen LogP contribution in [-0.2, 0) is 14.9 Å². The van der Waals surface area contributed by atoms with Crippen LogP contribution in [0.4, 0.5) is 17.5 Å². The maximum atomic E-state index is 12.6. The molecular formula is C14H18N6O3S. The molecule has 1 aromatic carbocycles. The Morgan fingerprint density at radius 3 is 2.54 bits per heavy atom. The van der Waals surface area contributed by atoms with Gasteiger partial charge in [0.25, 0.3) is 0 Å². The predicted molar refractivity (Wildman–Crippen MR) is 91.2 cm³/mol. The number of para-hydroxylation sites is 1. The van der Waals surface area contributed by atoms with Gasteiger partial charge in [-0.2, -0.15) is 17.7 Å². The van der Waals surface area contributed by atoms with Gasteiger partial charge >= 0.3 is 10.2 Å². The van der Waals surface area contributed by atoms with E-state index in [1.807, 2.05) is 0 Å². The number of hydrogen-bond acceptors (Lipinski definition) is 7. The largest absolute Gasteiger partial charge is 0.383 e. The third-order valence-electron chi connectivity index (χ3n) is 3.60. The number of nitrogens with zero attached hydrogens (tertiary/aromatic N) is 3. The van der Waals surface area contributed by atoms with Crippen molar-refractivity contribution in [2.24, 2.45) is 0 Å². The molecule has 0 saturated carbocycles.